The lowest BCUT2D eigenvalue weighted by molar-refractivity contribution is 0.00578. The van der Waals surface area contributed by atoms with Crippen molar-refractivity contribution >= 4 is 18.7 Å². The quantitative estimate of drug-likeness (QED) is 0.769. The zero-order chi connectivity index (χ0) is 18.8. The van der Waals surface area contributed by atoms with Crippen LogP contribution in [0.4, 0.5) is 4.79 Å². The molecule has 6 nitrogen and oxygen atoms in total. The van der Waals surface area contributed by atoms with E-state index in [1.54, 1.807) is 0 Å². The standard InChI is InChI=1S/C18H29BN2O4/c1-11-13(19-24-17(5,6)18(7,8)25-19)14(12-9-10-12)20-21(11)15(22)23-16(2,3)4/h12H,9-10H2,1-8H3. The molecule has 1 saturated carbocycles. The van der Waals surface area contributed by atoms with E-state index in [1.165, 1.54) is 4.68 Å². The molecule has 7 heteroatoms. The lowest BCUT2D eigenvalue weighted by Crippen LogP contribution is -2.41. The predicted molar refractivity (Wildman–Crippen MR) is 96.3 cm³/mol. The number of aromatic nitrogens is 2. The highest BCUT2D eigenvalue weighted by Crippen LogP contribution is 2.41. The van der Waals surface area contributed by atoms with E-state index in [4.69, 9.17) is 14.0 Å². The summed E-state index contributed by atoms with van der Waals surface area (Å²) < 4.78 is 19.3. The normalized spacial score (nSPS) is 22.3. The summed E-state index contributed by atoms with van der Waals surface area (Å²) in [4.78, 5) is 12.6. The maximum atomic E-state index is 12.6. The molecule has 2 aliphatic rings. The Hall–Kier alpha value is -1.34. The van der Waals surface area contributed by atoms with E-state index in [0.29, 0.717) is 5.92 Å². The van der Waals surface area contributed by atoms with Crippen LogP contribution >= 0.6 is 0 Å². The SMILES string of the molecule is Cc1c(B2OC(C)(C)C(C)(C)O2)c(C2CC2)nn1C(=O)OC(C)(C)C. The van der Waals surface area contributed by atoms with Crippen LogP contribution in [0.3, 0.4) is 0 Å². The van der Waals surface area contributed by atoms with Gasteiger partial charge in [-0.3, -0.25) is 0 Å². The Morgan fingerprint density at radius 2 is 1.72 bits per heavy atom. The van der Waals surface area contributed by atoms with Crippen LogP contribution in [0.2, 0.25) is 0 Å². The Kier molecular flexibility index (Phi) is 4.12. The van der Waals surface area contributed by atoms with Crippen LogP contribution in [0.25, 0.3) is 0 Å². The third-order valence-electron chi connectivity index (χ3n) is 5.21. The van der Waals surface area contributed by atoms with Crippen molar-refractivity contribution in [3.05, 3.63) is 11.4 Å². The van der Waals surface area contributed by atoms with Crippen molar-refractivity contribution in [1.82, 2.24) is 9.78 Å². The lowest BCUT2D eigenvalue weighted by Gasteiger charge is -2.32. The van der Waals surface area contributed by atoms with Gasteiger partial charge in [0.25, 0.3) is 0 Å². The fourth-order valence-electron chi connectivity index (χ4n) is 2.93. The smallest absolute Gasteiger partial charge is 0.442 e. The number of rotatable bonds is 2. The van der Waals surface area contributed by atoms with E-state index in [1.807, 2.05) is 55.4 Å². The van der Waals surface area contributed by atoms with E-state index in [0.717, 1.165) is 29.7 Å². The molecule has 1 aromatic heterocycles. The highest BCUT2D eigenvalue weighted by Gasteiger charge is 2.54. The molecular formula is C18H29BN2O4. The van der Waals surface area contributed by atoms with Crippen molar-refractivity contribution in [3.8, 4) is 0 Å². The molecule has 0 atom stereocenters. The van der Waals surface area contributed by atoms with Gasteiger partial charge in [-0.05, 0) is 68.2 Å². The minimum atomic E-state index is -0.570. The molecule has 0 unspecified atom stereocenters. The van der Waals surface area contributed by atoms with Gasteiger partial charge in [0.05, 0.1) is 16.9 Å². The van der Waals surface area contributed by atoms with Crippen molar-refractivity contribution in [2.24, 2.45) is 0 Å². The first-order valence-electron chi connectivity index (χ1n) is 9.01. The van der Waals surface area contributed by atoms with Crippen molar-refractivity contribution in [2.75, 3.05) is 0 Å². The fraction of sp³-hybridized carbons (Fsp3) is 0.778. The van der Waals surface area contributed by atoms with Gasteiger partial charge in [0.1, 0.15) is 5.60 Å². The van der Waals surface area contributed by atoms with E-state index in [9.17, 15) is 4.79 Å². The zero-order valence-corrected chi connectivity index (χ0v) is 16.6. The summed E-state index contributed by atoms with van der Waals surface area (Å²) >= 11 is 0. The average molecular weight is 348 g/mol. The van der Waals surface area contributed by atoms with Crippen LogP contribution in [-0.4, -0.2) is 39.8 Å². The number of hydrogen-bond acceptors (Lipinski definition) is 5. The lowest BCUT2D eigenvalue weighted by atomic mass is 9.76. The first kappa shape index (κ1) is 18.5. The Morgan fingerprint density at radius 1 is 1.20 bits per heavy atom. The van der Waals surface area contributed by atoms with Gasteiger partial charge in [-0.1, -0.05) is 0 Å². The van der Waals surface area contributed by atoms with Crippen molar-refractivity contribution in [3.63, 3.8) is 0 Å². The Balaban J connectivity index is 1.99. The van der Waals surface area contributed by atoms with Gasteiger partial charge in [0, 0.05) is 17.1 Å². The molecule has 25 heavy (non-hydrogen) atoms. The number of ether oxygens (including phenoxy) is 1. The summed E-state index contributed by atoms with van der Waals surface area (Å²) in [7, 11) is -0.517. The molecule has 138 valence electrons. The summed E-state index contributed by atoms with van der Waals surface area (Å²) in [6.45, 7) is 15.5. The first-order valence-corrected chi connectivity index (χ1v) is 9.01. The summed E-state index contributed by atoms with van der Waals surface area (Å²) in [6, 6.07) is 0. The molecule has 0 amide bonds. The number of carbonyl (C=O) groups is 1. The number of nitrogens with zero attached hydrogens (tertiary/aromatic N) is 2. The van der Waals surface area contributed by atoms with Crippen LogP contribution < -0.4 is 5.46 Å². The zero-order valence-electron chi connectivity index (χ0n) is 16.6. The van der Waals surface area contributed by atoms with E-state index >= 15 is 0 Å². The second-order valence-corrected chi connectivity index (χ2v) is 9.14. The molecular weight excluding hydrogens is 319 g/mol. The molecule has 1 saturated heterocycles. The Morgan fingerprint density at radius 3 is 2.16 bits per heavy atom. The molecule has 0 N–H and O–H groups in total. The van der Waals surface area contributed by atoms with Gasteiger partial charge in [0.2, 0.25) is 0 Å². The largest absolute Gasteiger partial charge is 0.498 e. The molecule has 1 aliphatic carbocycles. The average Bonchev–Trinajstić information content (AvgIpc) is 3.14. The molecule has 1 aromatic rings. The monoisotopic (exact) mass is 348 g/mol. The van der Waals surface area contributed by atoms with Gasteiger partial charge in [-0.25, -0.2) is 4.79 Å². The van der Waals surface area contributed by atoms with Crippen LogP contribution in [-0.2, 0) is 14.0 Å². The summed E-state index contributed by atoms with van der Waals surface area (Å²) in [6.07, 6.45) is 1.70. The number of hydrogen-bond donors (Lipinski definition) is 0. The molecule has 2 fully saturated rings. The molecule has 0 aromatic carbocycles. The van der Waals surface area contributed by atoms with Crippen LogP contribution in [0, 0.1) is 6.92 Å². The van der Waals surface area contributed by atoms with Crippen molar-refractivity contribution < 1.29 is 18.8 Å². The van der Waals surface area contributed by atoms with E-state index in [2.05, 4.69) is 5.10 Å². The maximum Gasteiger partial charge on any atom is 0.498 e. The van der Waals surface area contributed by atoms with Crippen LogP contribution in [0.15, 0.2) is 0 Å². The third kappa shape index (κ3) is 3.36. The highest BCUT2D eigenvalue weighted by atomic mass is 16.7. The van der Waals surface area contributed by atoms with Gasteiger partial charge >= 0.3 is 13.2 Å². The minimum absolute atomic E-state index is 0.372. The summed E-state index contributed by atoms with van der Waals surface area (Å²) in [5.41, 5.74) is 1.08. The predicted octanol–water partition coefficient (Wildman–Crippen LogP) is 3.15. The minimum Gasteiger partial charge on any atom is -0.442 e. The van der Waals surface area contributed by atoms with Crippen molar-refractivity contribution in [1.29, 1.82) is 0 Å². The Labute approximate surface area is 150 Å². The van der Waals surface area contributed by atoms with Crippen molar-refractivity contribution in [2.45, 2.75) is 91.0 Å². The highest BCUT2D eigenvalue weighted by molar-refractivity contribution is 6.63. The fourth-order valence-corrected chi connectivity index (χ4v) is 2.93. The number of carbonyl (C=O) groups excluding carboxylic acids is 1. The Bertz CT molecular complexity index is 683. The molecule has 2 heterocycles. The van der Waals surface area contributed by atoms with Crippen LogP contribution in [0.1, 0.15) is 78.6 Å². The molecule has 3 rings (SSSR count). The second-order valence-electron chi connectivity index (χ2n) is 9.14. The second kappa shape index (κ2) is 5.58. The summed E-state index contributed by atoms with van der Waals surface area (Å²) in [5, 5.41) is 4.58. The molecule has 0 spiro atoms. The van der Waals surface area contributed by atoms with Gasteiger partial charge in [-0.2, -0.15) is 9.78 Å². The van der Waals surface area contributed by atoms with Gasteiger partial charge in [0.15, 0.2) is 0 Å². The maximum absolute atomic E-state index is 12.6. The molecule has 1 aliphatic heterocycles. The van der Waals surface area contributed by atoms with E-state index < -0.39 is 30.0 Å². The molecule has 0 bridgehead atoms. The van der Waals surface area contributed by atoms with Crippen LogP contribution in [0.5, 0.6) is 0 Å². The molecule has 0 radical (unpaired) electrons. The van der Waals surface area contributed by atoms with Gasteiger partial charge in [-0.15, -0.1) is 0 Å². The summed E-state index contributed by atoms with van der Waals surface area (Å²) in [5.74, 6) is 0.372. The third-order valence-corrected chi connectivity index (χ3v) is 5.21. The first-order chi connectivity index (χ1) is 11.3. The van der Waals surface area contributed by atoms with Gasteiger partial charge < -0.3 is 14.0 Å². The topological polar surface area (TPSA) is 62.6 Å². The van der Waals surface area contributed by atoms with E-state index in [-0.39, 0.29) is 0 Å².